The maximum Gasteiger partial charge on any atom is 0.0739 e. The molecule has 1 aromatic heterocycles. The first-order valence-corrected chi connectivity index (χ1v) is 8.53. The number of nitrogens with zero attached hydrogens (tertiary/aromatic N) is 3. The summed E-state index contributed by atoms with van der Waals surface area (Å²) in [5, 5.41) is 5.55. The van der Waals surface area contributed by atoms with Gasteiger partial charge < -0.3 is 0 Å². The maximum atomic E-state index is 4.48. The second-order valence-corrected chi connectivity index (χ2v) is 6.54. The van der Waals surface area contributed by atoms with Crippen molar-refractivity contribution < 1.29 is 0 Å². The molecule has 1 unspecified atom stereocenters. The first-order valence-electron chi connectivity index (χ1n) is 6.61. The zero-order chi connectivity index (χ0) is 13.1. The highest BCUT2D eigenvalue weighted by atomic mass is 79.9. The Morgan fingerprint density at radius 2 is 2.11 bits per heavy atom. The monoisotopic (exact) mass is 377 g/mol. The molecule has 1 aliphatic heterocycles. The van der Waals surface area contributed by atoms with Crippen LogP contribution in [0.1, 0.15) is 37.1 Å². The van der Waals surface area contributed by atoms with Gasteiger partial charge in [0.05, 0.1) is 15.9 Å². The third kappa shape index (κ3) is 3.17. The third-order valence-electron chi connectivity index (χ3n) is 3.79. The lowest BCUT2D eigenvalue weighted by molar-refractivity contribution is 0.203. The normalized spacial score (nSPS) is 22.1. The molecule has 5 heteroatoms. The van der Waals surface area contributed by atoms with Crippen LogP contribution in [0.15, 0.2) is 4.47 Å². The van der Waals surface area contributed by atoms with E-state index >= 15 is 0 Å². The Hall–Kier alpha value is 0.130. The zero-order valence-electron chi connectivity index (χ0n) is 11.1. The van der Waals surface area contributed by atoms with E-state index in [1.54, 1.807) is 0 Å². The van der Waals surface area contributed by atoms with E-state index in [1.165, 1.54) is 42.4 Å². The van der Waals surface area contributed by atoms with Crippen LogP contribution >= 0.6 is 31.9 Å². The summed E-state index contributed by atoms with van der Waals surface area (Å²) < 4.78 is 3.18. The lowest BCUT2D eigenvalue weighted by Gasteiger charge is -2.28. The number of rotatable bonds is 3. The molecule has 0 aliphatic carbocycles. The molecule has 1 atom stereocenters. The maximum absolute atomic E-state index is 4.48. The van der Waals surface area contributed by atoms with Crippen molar-refractivity contribution in [1.29, 1.82) is 0 Å². The van der Waals surface area contributed by atoms with Gasteiger partial charge in [-0.25, -0.2) is 0 Å². The fourth-order valence-corrected chi connectivity index (χ4v) is 3.86. The molecule has 0 bridgehead atoms. The molecule has 1 aromatic rings. The minimum Gasteiger partial charge on any atom is -0.294 e. The molecule has 1 aliphatic rings. The second-order valence-electron chi connectivity index (χ2n) is 5.10. The van der Waals surface area contributed by atoms with E-state index in [4.69, 9.17) is 0 Å². The highest BCUT2D eigenvalue weighted by molar-refractivity contribution is 9.10. The van der Waals surface area contributed by atoms with E-state index in [2.05, 4.69) is 48.8 Å². The van der Waals surface area contributed by atoms with Gasteiger partial charge in [-0.05, 0) is 42.2 Å². The molecule has 1 saturated heterocycles. The van der Waals surface area contributed by atoms with E-state index in [1.807, 2.05) is 11.7 Å². The van der Waals surface area contributed by atoms with E-state index in [0.717, 1.165) is 17.6 Å². The number of likely N-dealkylation sites (tertiary alicyclic amines) is 1. The molecule has 0 N–H and O–H groups in total. The van der Waals surface area contributed by atoms with Crippen molar-refractivity contribution in [2.45, 2.75) is 45.2 Å². The summed E-state index contributed by atoms with van der Waals surface area (Å²) in [4.78, 5) is 2.60. The molecule has 2 rings (SSSR count). The van der Waals surface area contributed by atoms with Crippen LogP contribution in [0.25, 0.3) is 0 Å². The second kappa shape index (κ2) is 6.53. The van der Waals surface area contributed by atoms with E-state index in [9.17, 15) is 0 Å². The van der Waals surface area contributed by atoms with Crippen LogP contribution in [0.4, 0.5) is 0 Å². The van der Waals surface area contributed by atoms with Gasteiger partial charge in [0.2, 0.25) is 0 Å². The summed E-state index contributed by atoms with van der Waals surface area (Å²) in [6, 6.07) is 0.662. The van der Waals surface area contributed by atoms with Gasteiger partial charge in [0.1, 0.15) is 0 Å². The number of hydrogen-bond donors (Lipinski definition) is 0. The van der Waals surface area contributed by atoms with Gasteiger partial charge in [-0.3, -0.25) is 9.58 Å². The predicted octanol–water partition coefficient (Wildman–Crippen LogP) is 3.63. The molecule has 3 nitrogen and oxygen atoms in total. The quantitative estimate of drug-likeness (QED) is 0.748. The van der Waals surface area contributed by atoms with E-state index in [-0.39, 0.29) is 0 Å². The van der Waals surface area contributed by atoms with Crippen LogP contribution in [0.5, 0.6) is 0 Å². The largest absolute Gasteiger partial charge is 0.294 e. The molecule has 1 fully saturated rings. The van der Waals surface area contributed by atoms with Gasteiger partial charge in [-0.1, -0.05) is 28.8 Å². The molecule has 0 amide bonds. The van der Waals surface area contributed by atoms with Crippen LogP contribution in [-0.4, -0.2) is 32.6 Å². The van der Waals surface area contributed by atoms with Crippen LogP contribution in [0.3, 0.4) is 0 Å². The number of alkyl halides is 1. The minimum absolute atomic E-state index is 0.662. The van der Waals surface area contributed by atoms with Crippen molar-refractivity contribution >= 4 is 31.9 Å². The molecule has 0 spiro atoms. The molecule has 2 heterocycles. The zero-order valence-corrected chi connectivity index (χ0v) is 14.3. The van der Waals surface area contributed by atoms with Crippen LogP contribution in [0, 0.1) is 6.92 Å². The first kappa shape index (κ1) is 14.5. The number of aromatic nitrogens is 2. The Morgan fingerprint density at radius 3 is 2.72 bits per heavy atom. The summed E-state index contributed by atoms with van der Waals surface area (Å²) in [5.41, 5.74) is 2.37. The first-order chi connectivity index (χ1) is 8.63. The van der Waals surface area contributed by atoms with Gasteiger partial charge in [0, 0.05) is 25.0 Å². The van der Waals surface area contributed by atoms with E-state index in [0.29, 0.717) is 6.04 Å². The lowest BCUT2D eigenvalue weighted by Crippen LogP contribution is -2.36. The third-order valence-corrected chi connectivity index (χ3v) is 5.57. The molecule has 0 saturated carbocycles. The molecule has 18 heavy (non-hydrogen) atoms. The standard InChI is InChI=1S/C13H21Br2N3/c1-10-13(15)12(17(2)16-10)9-18-7-5-3-4-6-11(18)8-14/h11H,3-9H2,1-2H3. The number of hydrogen-bond acceptors (Lipinski definition) is 2. The average Bonchev–Trinajstić information content (AvgIpc) is 2.56. The minimum atomic E-state index is 0.662. The summed E-state index contributed by atoms with van der Waals surface area (Å²) in [6.45, 7) is 4.25. The number of halogens is 2. The van der Waals surface area contributed by atoms with Gasteiger partial charge in [-0.2, -0.15) is 5.10 Å². The average molecular weight is 379 g/mol. The van der Waals surface area contributed by atoms with Crippen molar-refractivity contribution in [3.8, 4) is 0 Å². The Labute approximate surface area is 126 Å². The van der Waals surface area contributed by atoms with Crippen molar-refractivity contribution in [1.82, 2.24) is 14.7 Å². The van der Waals surface area contributed by atoms with Gasteiger partial charge in [0.25, 0.3) is 0 Å². The van der Waals surface area contributed by atoms with Crippen molar-refractivity contribution in [2.24, 2.45) is 7.05 Å². The van der Waals surface area contributed by atoms with Crippen molar-refractivity contribution in [2.75, 3.05) is 11.9 Å². The SMILES string of the molecule is Cc1nn(C)c(CN2CCCCCC2CBr)c1Br. The van der Waals surface area contributed by atoms with Gasteiger partial charge >= 0.3 is 0 Å². The lowest BCUT2D eigenvalue weighted by atomic mass is 10.1. The Morgan fingerprint density at radius 1 is 1.33 bits per heavy atom. The highest BCUT2D eigenvalue weighted by Gasteiger charge is 2.22. The van der Waals surface area contributed by atoms with Crippen LogP contribution in [-0.2, 0) is 13.6 Å². The van der Waals surface area contributed by atoms with E-state index < -0.39 is 0 Å². The van der Waals surface area contributed by atoms with Crippen LogP contribution in [0.2, 0.25) is 0 Å². The van der Waals surface area contributed by atoms with Crippen LogP contribution < -0.4 is 0 Å². The Kier molecular flexibility index (Phi) is 5.27. The summed E-state index contributed by atoms with van der Waals surface area (Å²) >= 11 is 7.33. The number of aryl methyl sites for hydroxylation is 2. The topological polar surface area (TPSA) is 21.1 Å². The summed E-state index contributed by atoms with van der Waals surface area (Å²) in [6.07, 6.45) is 5.35. The smallest absolute Gasteiger partial charge is 0.0739 e. The van der Waals surface area contributed by atoms with Gasteiger partial charge in [0.15, 0.2) is 0 Å². The molecule has 0 aromatic carbocycles. The highest BCUT2D eigenvalue weighted by Crippen LogP contribution is 2.25. The molecular weight excluding hydrogens is 358 g/mol. The van der Waals surface area contributed by atoms with Crippen molar-refractivity contribution in [3.05, 3.63) is 15.9 Å². The molecule has 102 valence electrons. The summed E-state index contributed by atoms with van der Waals surface area (Å²) in [7, 11) is 2.04. The van der Waals surface area contributed by atoms with Gasteiger partial charge in [-0.15, -0.1) is 0 Å². The van der Waals surface area contributed by atoms with Crippen molar-refractivity contribution in [3.63, 3.8) is 0 Å². The fraction of sp³-hybridized carbons (Fsp3) is 0.769. The Balaban J connectivity index is 2.15. The predicted molar refractivity (Wildman–Crippen MR) is 82.1 cm³/mol. The summed E-state index contributed by atoms with van der Waals surface area (Å²) in [5.74, 6) is 0. The Bertz CT molecular complexity index is 403. The molecular formula is C13H21Br2N3. The molecule has 0 radical (unpaired) electrons. The fourth-order valence-electron chi connectivity index (χ4n) is 2.66.